The molecule has 0 unspecified atom stereocenters. The molecule has 4 N–H and O–H groups in total. The summed E-state index contributed by atoms with van der Waals surface area (Å²) in [6, 6.07) is 2.55. The number of alkyl halides is 3. The third kappa shape index (κ3) is 1.98. The lowest BCUT2D eigenvalue weighted by molar-refractivity contribution is -0.149. The summed E-state index contributed by atoms with van der Waals surface area (Å²) in [4.78, 5) is 0. The largest absolute Gasteiger partial charge is 0.407 e. The predicted octanol–water partition coefficient (Wildman–Crippen LogP) is 2.14. The van der Waals surface area contributed by atoms with E-state index >= 15 is 0 Å². The molecule has 0 spiro atoms. The first-order valence-electron chi connectivity index (χ1n) is 4.01. The van der Waals surface area contributed by atoms with Crippen LogP contribution in [-0.2, 0) is 0 Å². The van der Waals surface area contributed by atoms with Gasteiger partial charge >= 0.3 is 6.18 Å². The fourth-order valence-corrected chi connectivity index (χ4v) is 1.29. The second-order valence-corrected chi connectivity index (χ2v) is 3.10. The summed E-state index contributed by atoms with van der Waals surface area (Å²) < 4.78 is 36.9. The van der Waals surface area contributed by atoms with E-state index in [2.05, 4.69) is 0 Å². The van der Waals surface area contributed by atoms with Gasteiger partial charge in [0.2, 0.25) is 0 Å². The molecule has 0 bridgehead atoms. The molecule has 1 atom stereocenters. The van der Waals surface area contributed by atoms with E-state index < -0.39 is 12.2 Å². The molecular weight excluding hydrogens is 193 g/mol. The summed E-state index contributed by atoms with van der Waals surface area (Å²) in [7, 11) is 0. The maximum Gasteiger partial charge on any atom is 0.407 e. The third-order valence-corrected chi connectivity index (χ3v) is 2.02. The summed E-state index contributed by atoms with van der Waals surface area (Å²) in [6.45, 7) is 1.55. The molecule has 0 heterocycles. The van der Waals surface area contributed by atoms with E-state index in [1.165, 1.54) is 6.07 Å². The highest BCUT2D eigenvalue weighted by molar-refractivity contribution is 5.52. The highest BCUT2D eigenvalue weighted by Gasteiger charge is 2.39. The molecule has 0 amide bonds. The van der Waals surface area contributed by atoms with Crippen molar-refractivity contribution in [1.82, 2.24) is 0 Å². The second-order valence-electron chi connectivity index (χ2n) is 3.10. The molecule has 0 aliphatic carbocycles. The van der Waals surface area contributed by atoms with Crippen LogP contribution in [0, 0.1) is 6.92 Å². The van der Waals surface area contributed by atoms with Gasteiger partial charge in [0.1, 0.15) is 6.04 Å². The molecular formula is C9H11F3N2. The van der Waals surface area contributed by atoms with Gasteiger partial charge in [-0.25, -0.2) is 0 Å². The van der Waals surface area contributed by atoms with E-state index in [9.17, 15) is 13.2 Å². The summed E-state index contributed by atoms with van der Waals surface area (Å²) in [5.74, 6) is 0. The van der Waals surface area contributed by atoms with Crippen molar-refractivity contribution in [3.8, 4) is 0 Å². The van der Waals surface area contributed by atoms with E-state index in [1.807, 2.05) is 0 Å². The zero-order chi connectivity index (χ0) is 10.9. The Morgan fingerprint density at radius 1 is 1.29 bits per heavy atom. The van der Waals surface area contributed by atoms with Gasteiger partial charge in [0.15, 0.2) is 0 Å². The van der Waals surface area contributed by atoms with Gasteiger partial charge in [0, 0.05) is 11.3 Å². The maximum atomic E-state index is 12.3. The molecule has 0 saturated heterocycles. The van der Waals surface area contributed by atoms with Crippen LogP contribution in [0.15, 0.2) is 18.2 Å². The Morgan fingerprint density at radius 2 is 1.86 bits per heavy atom. The average Bonchev–Trinajstić information content (AvgIpc) is 2.01. The Kier molecular flexibility index (Phi) is 2.71. The number of hydrogen-bond acceptors (Lipinski definition) is 2. The number of halogens is 3. The molecule has 0 saturated carbocycles. The molecule has 2 nitrogen and oxygen atoms in total. The first-order valence-corrected chi connectivity index (χ1v) is 4.01. The zero-order valence-corrected chi connectivity index (χ0v) is 7.60. The quantitative estimate of drug-likeness (QED) is 0.688. The number of rotatable bonds is 1. The van der Waals surface area contributed by atoms with Crippen molar-refractivity contribution in [2.75, 3.05) is 5.73 Å². The van der Waals surface area contributed by atoms with Gasteiger partial charge < -0.3 is 11.5 Å². The number of anilines is 1. The van der Waals surface area contributed by atoms with Crippen molar-refractivity contribution in [2.45, 2.75) is 19.1 Å². The Hall–Kier alpha value is -1.23. The van der Waals surface area contributed by atoms with Gasteiger partial charge in [0.05, 0.1) is 0 Å². The van der Waals surface area contributed by atoms with E-state index in [0.29, 0.717) is 5.56 Å². The van der Waals surface area contributed by atoms with Gasteiger partial charge in [-0.2, -0.15) is 13.2 Å². The van der Waals surface area contributed by atoms with Crippen LogP contribution in [0.5, 0.6) is 0 Å². The molecule has 1 aromatic carbocycles. The molecule has 0 aliphatic rings. The normalized spacial score (nSPS) is 14.1. The molecule has 14 heavy (non-hydrogen) atoms. The summed E-state index contributed by atoms with van der Waals surface area (Å²) in [5.41, 5.74) is 11.0. The van der Waals surface area contributed by atoms with Gasteiger partial charge in [-0.05, 0) is 18.6 Å². The number of benzene rings is 1. The van der Waals surface area contributed by atoms with Crippen molar-refractivity contribution >= 4 is 5.69 Å². The van der Waals surface area contributed by atoms with E-state index in [0.717, 1.165) is 0 Å². The molecule has 1 aromatic rings. The van der Waals surface area contributed by atoms with Crippen molar-refractivity contribution in [3.63, 3.8) is 0 Å². The number of hydrogen-bond donors (Lipinski definition) is 2. The van der Waals surface area contributed by atoms with E-state index in [-0.39, 0.29) is 11.3 Å². The van der Waals surface area contributed by atoms with Crippen LogP contribution >= 0.6 is 0 Å². The standard InChI is InChI=1S/C9H11F3N2/c1-5-3-2-4-6(13)7(5)8(14)9(10,11)12/h2-4,8H,13-14H2,1H3/t8-/m1/s1. The van der Waals surface area contributed by atoms with Crippen LogP contribution in [0.1, 0.15) is 17.2 Å². The van der Waals surface area contributed by atoms with E-state index in [4.69, 9.17) is 11.5 Å². The fraction of sp³-hybridized carbons (Fsp3) is 0.333. The predicted molar refractivity (Wildman–Crippen MR) is 48.6 cm³/mol. The monoisotopic (exact) mass is 204 g/mol. The van der Waals surface area contributed by atoms with Crippen LogP contribution < -0.4 is 11.5 Å². The Balaban J connectivity index is 3.19. The first-order chi connectivity index (χ1) is 6.34. The lowest BCUT2D eigenvalue weighted by Gasteiger charge is -2.19. The lowest BCUT2D eigenvalue weighted by atomic mass is 9.99. The van der Waals surface area contributed by atoms with Crippen molar-refractivity contribution in [2.24, 2.45) is 5.73 Å². The van der Waals surface area contributed by atoms with Gasteiger partial charge in [0.25, 0.3) is 0 Å². The average molecular weight is 204 g/mol. The Labute approximate surface area is 79.7 Å². The summed E-state index contributed by atoms with van der Waals surface area (Å²) in [5, 5.41) is 0. The highest BCUT2D eigenvalue weighted by atomic mass is 19.4. The van der Waals surface area contributed by atoms with Crippen LogP contribution in [-0.4, -0.2) is 6.18 Å². The van der Waals surface area contributed by atoms with Gasteiger partial charge in [-0.15, -0.1) is 0 Å². The van der Waals surface area contributed by atoms with Crippen LogP contribution in [0.2, 0.25) is 0 Å². The zero-order valence-electron chi connectivity index (χ0n) is 7.60. The van der Waals surface area contributed by atoms with Crippen molar-refractivity contribution < 1.29 is 13.2 Å². The Bertz CT molecular complexity index is 313. The lowest BCUT2D eigenvalue weighted by Crippen LogP contribution is -2.29. The topological polar surface area (TPSA) is 52.0 Å². The van der Waals surface area contributed by atoms with Crippen molar-refractivity contribution in [1.29, 1.82) is 0 Å². The second kappa shape index (κ2) is 3.49. The van der Waals surface area contributed by atoms with Gasteiger partial charge in [-0.1, -0.05) is 12.1 Å². The molecule has 1 rings (SSSR count). The minimum absolute atomic E-state index is 0.0417. The minimum Gasteiger partial charge on any atom is -0.398 e. The number of aryl methyl sites for hydroxylation is 1. The molecule has 0 aliphatic heterocycles. The SMILES string of the molecule is Cc1cccc(N)c1[C@@H](N)C(F)(F)F. The molecule has 5 heteroatoms. The summed E-state index contributed by atoms with van der Waals surface area (Å²) in [6.07, 6.45) is -4.46. The van der Waals surface area contributed by atoms with Crippen molar-refractivity contribution in [3.05, 3.63) is 29.3 Å². The number of nitrogens with two attached hydrogens (primary N) is 2. The highest BCUT2D eigenvalue weighted by Crippen LogP contribution is 2.34. The van der Waals surface area contributed by atoms with Crippen LogP contribution in [0.4, 0.5) is 18.9 Å². The number of nitrogen functional groups attached to an aromatic ring is 1. The minimum atomic E-state index is -4.46. The van der Waals surface area contributed by atoms with Crippen LogP contribution in [0.25, 0.3) is 0 Å². The molecule has 0 fully saturated rings. The molecule has 0 aromatic heterocycles. The third-order valence-electron chi connectivity index (χ3n) is 2.02. The Morgan fingerprint density at radius 3 is 2.29 bits per heavy atom. The first kappa shape index (κ1) is 10.8. The van der Waals surface area contributed by atoms with Crippen LogP contribution in [0.3, 0.4) is 0 Å². The smallest absolute Gasteiger partial charge is 0.398 e. The van der Waals surface area contributed by atoms with E-state index in [1.54, 1.807) is 19.1 Å². The van der Waals surface area contributed by atoms with Gasteiger partial charge in [-0.3, -0.25) is 0 Å². The molecule has 0 radical (unpaired) electrons. The maximum absolute atomic E-state index is 12.3. The summed E-state index contributed by atoms with van der Waals surface area (Å²) >= 11 is 0. The fourth-order valence-electron chi connectivity index (χ4n) is 1.29. The molecule has 78 valence electrons.